The molecule has 2 aromatic rings. The van der Waals surface area contributed by atoms with Crippen LogP contribution in [0.4, 0.5) is 4.79 Å². The summed E-state index contributed by atoms with van der Waals surface area (Å²) >= 11 is 0. The molecule has 2 N–H and O–H groups in total. The quantitative estimate of drug-likeness (QED) is 0.730. The maximum atomic E-state index is 12.8. The Morgan fingerprint density at radius 1 is 1.20 bits per heavy atom. The Labute approximate surface area is 173 Å². The fraction of sp³-hybridized carbons (Fsp3) is 0.429. The minimum absolute atomic E-state index is 0.303. The summed E-state index contributed by atoms with van der Waals surface area (Å²) in [4.78, 5) is 37.6. The molecule has 0 atom stereocenters. The minimum Gasteiger partial charge on any atom is -0.489 e. The molecule has 4 amide bonds. The number of hydrogen-bond donors (Lipinski definition) is 2. The van der Waals surface area contributed by atoms with Gasteiger partial charge in [-0.05, 0) is 51.0 Å². The van der Waals surface area contributed by atoms with E-state index in [2.05, 4.69) is 15.9 Å². The number of aryl methyl sites for hydroxylation is 2. The number of hydrazine groups is 1. The number of hydrogen-bond acceptors (Lipinski definition) is 6. The molecule has 158 valence electrons. The van der Waals surface area contributed by atoms with Crippen molar-refractivity contribution < 1.29 is 23.6 Å². The standard InChI is InChI=1S/C21H24N4O5/c1-13-17(14(2)30-24-13)12-29-16-8-6-15(7-9-16)18(26)23-25-19(27)21(22-20(25)28)10-4-3-5-11-21/h6-9H,3-5,10-12H2,1-2H3,(H,22,28)(H,23,26). The van der Waals surface area contributed by atoms with Crippen LogP contribution in [0.2, 0.25) is 0 Å². The number of nitrogens with one attached hydrogen (secondary N) is 2. The van der Waals surface area contributed by atoms with Gasteiger partial charge in [0.2, 0.25) is 0 Å². The van der Waals surface area contributed by atoms with Gasteiger partial charge >= 0.3 is 6.03 Å². The molecule has 1 saturated carbocycles. The molecule has 4 rings (SSSR count). The molecular weight excluding hydrogens is 388 g/mol. The lowest BCUT2D eigenvalue weighted by Gasteiger charge is -2.30. The molecule has 2 aliphatic rings. The van der Waals surface area contributed by atoms with Crippen LogP contribution in [0, 0.1) is 13.8 Å². The second-order valence-corrected chi connectivity index (χ2v) is 7.77. The molecule has 1 spiro atoms. The van der Waals surface area contributed by atoms with Gasteiger partial charge in [0.05, 0.1) is 11.3 Å². The van der Waals surface area contributed by atoms with E-state index in [4.69, 9.17) is 9.26 Å². The number of rotatable bonds is 5. The molecule has 1 saturated heterocycles. The maximum Gasteiger partial charge on any atom is 0.344 e. The molecule has 9 heteroatoms. The summed E-state index contributed by atoms with van der Waals surface area (Å²) in [7, 11) is 0. The molecule has 1 aliphatic carbocycles. The summed E-state index contributed by atoms with van der Waals surface area (Å²) in [6.45, 7) is 3.96. The Morgan fingerprint density at radius 2 is 1.90 bits per heavy atom. The summed E-state index contributed by atoms with van der Waals surface area (Å²) in [6, 6.07) is 5.87. The number of ether oxygens (including phenoxy) is 1. The van der Waals surface area contributed by atoms with Crippen molar-refractivity contribution in [2.24, 2.45) is 0 Å². The summed E-state index contributed by atoms with van der Waals surface area (Å²) in [5, 5.41) is 7.45. The van der Waals surface area contributed by atoms with Crippen molar-refractivity contribution in [3.63, 3.8) is 0 Å². The van der Waals surface area contributed by atoms with Crippen molar-refractivity contribution in [1.29, 1.82) is 0 Å². The number of urea groups is 1. The molecule has 1 aromatic heterocycles. The predicted molar refractivity (Wildman–Crippen MR) is 105 cm³/mol. The number of imide groups is 1. The predicted octanol–water partition coefficient (Wildman–Crippen LogP) is 2.77. The van der Waals surface area contributed by atoms with Crippen molar-refractivity contribution in [3.8, 4) is 5.75 Å². The van der Waals surface area contributed by atoms with Gasteiger partial charge in [-0.3, -0.25) is 15.0 Å². The summed E-state index contributed by atoms with van der Waals surface area (Å²) in [5.41, 5.74) is 3.51. The first-order chi connectivity index (χ1) is 14.4. The number of benzene rings is 1. The van der Waals surface area contributed by atoms with Crippen LogP contribution in [-0.2, 0) is 11.4 Å². The first-order valence-electron chi connectivity index (χ1n) is 10.0. The van der Waals surface area contributed by atoms with Gasteiger partial charge in [-0.25, -0.2) is 4.79 Å². The van der Waals surface area contributed by atoms with Crippen LogP contribution < -0.4 is 15.5 Å². The molecule has 0 radical (unpaired) electrons. The first-order valence-corrected chi connectivity index (χ1v) is 10.0. The smallest absolute Gasteiger partial charge is 0.344 e. The van der Waals surface area contributed by atoms with Crippen molar-refractivity contribution in [3.05, 3.63) is 46.8 Å². The monoisotopic (exact) mass is 412 g/mol. The Balaban J connectivity index is 1.38. The molecule has 2 heterocycles. The summed E-state index contributed by atoms with van der Waals surface area (Å²) in [6.07, 6.45) is 4.00. The van der Waals surface area contributed by atoms with Gasteiger partial charge in [-0.1, -0.05) is 24.4 Å². The highest BCUT2D eigenvalue weighted by atomic mass is 16.5. The van der Waals surface area contributed by atoms with Crippen LogP contribution in [0.15, 0.2) is 28.8 Å². The zero-order chi connectivity index (χ0) is 21.3. The number of carbonyl (C=O) groups excluding carboxylic acids is 3. The topological polar surface area (TPSA) is 114 Å². The Bertz CT molecular complexity index is 956. The van der Waals surface area contributed by atoms with E-state index < -0.39 is 17.5 Å². The molecule has 1 aliphatic heterocycles. The lowest BCUT2D eigenvalue weighted by molar-refractivity contribution is -0.134. The van der Waals surface area contributed by atoms with E-state index in [1.54, 1.807) is 24.3 Å². The molecule has 1 aromatic carbocycles. The van der Waals surface area contributed by atoms with Crippen molar-refractivity contribution in [2.75, 3.05) is 0 Å². The van der Waals surface area contributed by atoms with Gasteiger partial charge in [0.25, 0.3) is 11.8 Å². The normalized spacial score (nSPS) is 17.9. The highest BCUT2D eigenvalue weighted by Crippen LogP contribution is 2.33. The lowest BCUT2D eigenvalue weighted by Crippen LogP contribution is -2.50. The molecule has 30 heavy (non-hydrogen) atoms. The fourth-order valence-electron chi connectivity index (χ4n) is 3.95. The number of nitrogens with zero attached hydrogens (tertiary/aromatic N) is 2. The largest absolute Gasteiger partial charge is 0.489 e. The van der Waals surface area contributed by atoms with E-state index in [0.29, 0.717) is 36.5 Å². The Hall–Kier alpha value is -3.36. The van der Waals surface area contributed by atoms with Crippen LogP contribution in [0.25, 0.3) is 0 Å². The number of amides is 4. The second kappa shape index (κ2) is 7.81. The highest BCUT2D eigenvalue weighted by Gasteiger charge is 2.52. The SMILES string of the molecule is Cc1noc(C)c1COc1ccc(C(=O)NN2C(=O)NC3(CCCCC3)C2=O)cc1. The van der Waals surface area contributed by atoms with Crippen molar-refractivity contribution in [1.82, 2.24) is 20.9 Å². The van der Waals surface area contributed by atoms with Crippen molar-refractivity contribution >= 4 is 17.8 Å². The van der Waals surface area contributed by atoms with Crippen LogP contribution in [0.1, 0.15) is 59.5 Å². The molecule has 2 fully saturated rings. The molecule has 9 nitrogen and oxygen atoms in total. The van der Waals surface area contributed by atoms with E-state index in [0.717, 1.165) is 35.5 Å². The van der Waals surface area contributed by atoms with Crippen LogP contribution in [0.5, 0.6) is 5.75 Å². The third kappa shape index (κ3) is 3.62. The number of carbonyl (C=O) groups is 3. The average Bonchev–Trinajstić information content (AvgIpc) is 3.18. The minimum atomic E-state index is -0.876. The third-order valence-electron chi connectivity index (χ3n) is 5.76. The van der Waals surface area contributed by atoms with Gasteiger partial charge < -0.3 is 14.6 Å². The second-order valence-electron chi connectivity index (χ2n) is 7.77. The zero-order valence-electron chi connectivity index (χ0n) is 17.0. The third-order valence-corrected chi connectivity index (χ3v) is 5.76. The van der Waals surface area contributed by atoms with Crippen LogP contribution in [-0.4, -0.2) is 33.5 Å². The summed E-state index contributed by atoms with van der Waals surface area (Å²) < 4.78 is 10.8. The number of aromatic nitrogens is 1. The van der Waals surface area contributed by atoms with Crippen LogP contribution in [0.3, 0.4) is 0 Å². The van der Waals surface area contributed by atoms with Gasteiger partial charge in [-0.2, -0.15) is 5.01 Å². The molecule has 0 bridgehead atoms. The average molecular weight is 412 g/mol. The molecular formula is C21H24N4O5. The highest BCUT2D eigenvalue weighted by molar-refractivity contribution is 6.09. The lowest BCUT2D eigenvalue weighted by atomic mass is 9.82. The van der Waals surface area contributed by atoms with Gasteiger partial charge in [0.15, 0.2) is 0 Å². The van der Waals surface area contributed by atoms with E-state index in [1.165, 1.54) is 0 Å². The fourth-order valence-corrected chi connectivity index (χ4v) is 3.95. The van der Waals surface area contributed by atoms with E-state index in [1.807, 2.05) is 13.8 Å². The Kier molecular flexibility index (Phi) is 5.19. The van der Waals surface area contributed by atoms with Crippen molar-refractivity contribution in [2.45, 2.75) is 58.1 Å². The van der Waals surface area contributed by atoms with Gasteiger partial charge in [-0.15, -0.1) is 0 Å². The first kappa shape index (κ1) is 19.9. The van der Waals surface area contributed by atoms with E-state index >= 15 is 0 Å². The van der Waals surface area contributed by atoms with E-state index in [-0.39, 0.29) is 5.91 Å². The molecule has 0 unspecified atom stereocenters. The van der Waals surface area contributed by atoms with Gasteiger partial charge in [0, 0.05) is 5.56 Å². The Morgan fingerprint density at radius 3 is 2.53 bits per heavy atom. The van der Waals surface area contributed by atoms with E-state index in [9.17, 15) is 14.4 Å². The summed E-state index contributed by atoms with van der Waals surface area (Å²) in [5.74, 6) is 0.346. The van der Waals surface area contributed by atoms with Gasteiger partial charge in [0.1, 0.15) is 23.7 Å². The maximum absolute atomic E-state index is 12.8. The zero-order valence-corrected chi connectivity index (χ0v) is 17.0. The van der Waals surface area contributed by atoms with Crippen LogP contribution >= 0.6 is 0 Å².